The first-order valence-electron chi connectivity index (χ1n) is 11.2. The fourth-order valence-corrected chi connectivity index (χ4v) is 4.29. The lowest BCUT2D eigenvalue weighted by molar-refractivity contribution is -0.0365. The maximum absolute atomic E-state index is 12.2. The van der Waals surface area contributed by atoms with Crippen molar-refractivity contribution in [3.05, 3.63) is 54.4 Å². The number of carbonyl (C=O) groups is 1. The quantitative estimate of drug-likeness (QED) is 0.417. The number of anilines is 2. The molecule has 34 heavy (non-hydrogen) atoms. The molecule has 0 spiro atoms. The van der Waals surface area contributed by atoms with E-state index in [0.717, 1.165) is 47.0 Å². The Morgan fingerprint density at radius 1 is 1.15 bits per heavy atom. The first-order valence-corrected chi connectivity index (χ1v) is 11.2. The van der Waals surface area contributed by atoms with E-state index < -0.39 is 0 Å². The average Bonchev–Trinajstić information content (AvgIpc) is 3.47. The van der Waals surface area contributed by atoms with E-state index in [-0.39, 0.29) is 12.2 Å². The summed E-state index contributed by atoms with van der Waals surface area (Å²) < 4.78 is 20.2. The summed E-state index contributed by atoms with van der Waals surface area (Å²) >= 11 is 0. The van der Waals surface area contributed by atoms with Crippen molar-refractivity contribution in [2.75, 3.05) is 26.1 Å². The van der Waals surface area contributed by atoms with Crippen molar-refractivity contribution in [2.45, 2.75) is 25.5 Å². The van der Waals surface area contributed by atoms with Crippen LogP contribution in [0.3, 0.4) is 0 Å². The molecule has 1 N–H and O–H groups in total. The van der Waals surface area contributed by atoms with Gasteiger partial charge < -0.3 is 19.5 Å². The number of methoxy groups -OCH3 is 2. The minimum Gasteiger partial charge on any atom is -0.495 e. The third-order valence-electron chi connectivity index (χ3n) is 6.05. The number of carbonyl (C=O) groups excluding carboxylic acids is 1. The van der Waals surface area contributed by atoms with E-state index in [4.69, 9.17) is 19.3 Å². The Kier molecular flexibility index (Phi) is 5.93. The normalized spacial score (nSPS) is 15.9. The fourth-order valence-electron chi connectivity index (χ4n) is 4.29. The predicted molar refractivity (Wildman–Crippen MR) is 128 cm³/mol. The summed E-state index contributed by atoms with van der Waals surface area (Å²) in [4.78, 5) is 12.2. The minimum absolute atomic E-state index is 0.191. The molecule has 1 unspecified atom stereocenters. The Balaban J connectivity index is 1.59. The third-order valence-corrected chi connectivity index (χ3v) is 6.05. The molecular weight excluding hydrogens is 434 g/mol. The molecule has 1 saturated heterocycles. The molecule has 0 radical (unpaired) electrons. The van der Waals surface area contributed by atoms with Crippen LogP contribution < -0.4 is 10.1 Å². The Labute approximate surface area is 197 Å². The van der Waals surface area contributed by atoms with Crippen LogP contribution in [0.5, 0.6) is 5.75 Å². The van der Waals surface area contributed by atoms with Crippen molar-refractivity contribution in [1.82, 2.24) is 19.6 Å². The summed E-state index contributed by atoms with van der Waals surface area (Å²) in [6.45, 7) is 0.687. The zero-order chi connectivity index (χ0) is 23.7. The van der Waals surface area contributed by atoms with E-state index >= 15 is 0 Å². The number of rotatable bonds is 6. The van der Waals surface area contributed by atoms with Crippen molar-refractivity contribution < 1.29 is 19.0 Å². The molecule has 2 aromatic carbocycles. The molecule has 9 nitrogen and oxygen atoms in total. The minimum atomic E-state index is -0.389. The molecule has 0 amide bonds. The van der Waals surface area contributed by atoms with Crippen LogP contribution in [-0.4, -0.2) is 46.4 Å². The lowest BCUT2D eigenvalue weighted by atomic mass is 10.1. The zero-order valence-electron chi connectivity index (χ0n) is 19.4. The maximum atomic E-state index is 12.2. The lowest BCUT2D eigenvalue weighted by Gasteiger charge is -2.23. The Bertz CT molecular complexity index is 1340. The number of hydrogen-bond acceptors (Lipinski definition) is 7. The molecule has 3 heterocycles. The molecule has 0 bridgehead atoms. The van der Waals surface area contributed by atoms with E-state index in [2.05, 4.69) is 10.4 Å². The van der Waals surface area contributed by atoms with E-state index in [1.165, 1.54) is 7.11 Å². The SMILES string of the molecule is COC(=O)c1ccc2c(Nc3cc(-c4cnn(C)c4)ccc3OC)nn(C3CCCCO3)c2c1. The maximum Gasteiger partial charge on any atom is 0.337 e. The molecule has 4 aromatic rings. The van der Waals surface area contributed by atoms with Crippen LogP contribution in [0.2, 0.25) is 0 Å². The van der Waals surface area contributed by atoms with Gasteiger partial charge in [0.25, 0.3) is 0 Å². The second-order valence-electron chi connectivity index (χ2n) is 8.28. The van der Waals surface area contributed by atoms with Crippen molar-refractivity contribution >= 4 is 28.4 Å². The Hall–Kier alpha value is -3.85. The van der Waals surface area contributed by atoms with Crippen LogP contribution in [-0.2, 0) is 16.5 Å². The van der Waals surface area contributed by atoms with Crippen molar-refractivity contribution in [3.63, 3.8) is 0 Å². The second kappa shape index (κ2) is 9.18. The number of hydrogen-bond donors (Lipinski definition) is 1. The molecule has 0 aliphatic carbocycles. The molecule has 5 rings (SSSR count). The summed E-state index contributed by atoms with van der Waals surface area (Å²) in [6.07, 6.45) is 6.55. The van der Waals surface area contributed by atoms with Crippen LogP contribution in [0.4, 0.5) is 11.5 Å². The smallest absolute Gasteiger partial charge is 0.337 e. The van der Waals surface area contributed by atoms with Crippen molar-refractivity contribution in [3.8, 4) is 16.9 Å². The summed E-state index contributed by atoms with van der Waals surface area (Å²) in [6, 6.07) is 11.4. The number of benzene rings is 2. The number of nitrogens with one attached hydrogen (secondary N) is 1. The molecule has 1 fully saturated rings. The average molecular weight is 462 g/mol. The van der Waals surface area contributed by atoms with Gasteiger partial charge in [-0.2, -0.15) is 10.2 Å². The van der Waals surface area contributed by atoms with Gasteiger partial charge in [0.2, 0.25) is 0 Å². The molecule has 176 valence electrons. The monoisotopic (exact) mass is 461 g/mol. The fraction of sp³-hybridized carbons (Fsp3) is 0.320. The predicted octanol–water partition coefficient (Wildman–Crippen LogP) is 4.67. The van der Waals surface area contributed by atoms with Gasteiger partial charge in [-0.05, 0) is 55.2 Å². The molecule has 0 saturated carbocycles. The van der Waals surface area contributed by atoms with Gasteiger partial charge in [-0.25, -0.2) is 9.48 Å². The molecule has 9 heteroatoms. The highest BCUT2D eigenvalue weighted by atomic mass is 16.5. The van der Waals surface area contributed by atoms with Gasteiger partial charge in [0.05, 0.1) is 37.2 Å². The summed E-state index contributed by atoms with van der Waals surface area (Å²) in [5.74, 6) is 0.956. The van der Waals surface area contributed by atoms with Crippen molar-refractivity contribution in [2.24, 2.45) is 7.05 Å². The number of esters is 1. The van der Waals surface area contributed by atoms with Gasteiger partial charge in [-0.3, -0.25) is 4.68 Å². The van der Waals surface area contributed by atoms with E-state index in [9.17, 15) is 4.79 Å². The number of nitrogens with zero attached hydrogens (tertiary/aromatic N) is 4. The highest BCUT2D eigenvalue weighted by molar-refractivity contribution is 5.99. The van der Waals surface area contributed by atoms with Gasteiger partial charge >= 0.3 is 5.97 Å². The number of fused-ring (bicyclic) bond motifs is 1. The van der Waals surface area contributed by atoms with Crippen LogP contribution >= 0.6 is 0 Å². The lowest BCUT2D eigenvalue weighted by Crippen LogP contribution is -2.19. The second-order valence-corrected chi connectivity index (χ2v) is 8.28. The number of ether oxygens (including phenoxy) is 3. The van der Waals surface area contributed by atoms with Gasteiger partial charge in [-0.15, -0.1) is 0 Å². The van der Waals surface area contributed by atoms with E-state index in [1.807, 2.05) is 48.4 Å². The zero-order valence-corrected chi connectivity index (χ0v) is 19.4. The van der Waals surface area contributed by atoms with Crippen LogP contribution in [0.1, 0.15) is 35.8 Å². The first-order chi connectivity index (χ1) is 16.6. The molecule has 1 aliphatic rings. The van der Waals surface area contributed by atoms with Crippen LogP contribution in [0, 0.1) is 0 Å². The summed E-state index contributed by atoms with van der Waals surface area (Å²) in [5, 5.41) is 13.5. The number of aromatic nitrogens is 4. The van der Waals surface area contributed by atoms with E-state index in [1.54, 1.807) is 23.9 Å². The van der Waals surface area contributed by atoms with Crippen LogP contribution in [0.25, 0.3) is 22.0 Å². The highest BCUT2D eigenvalue weighted by Gasteiger charge is 2.23. The van der Waals surface area contributed by atoms with Crippen molar-refractivity contribution in [1.29, 1.82) is 0 Å². The van der Waals surface area contributed by atoms with Gasteiger partial charge in [0.1, 0.15) is 5.75 Å². The van der Waals surface area contributed by atoms with E-state index in [0.29, 0.717) is 23.7 Å². The molecule has 1 atom stereocenters. The number of aryl methyl sites for hydroxylation is 1. The molecule has 2 aromatic heterocycles. The standard InChI is InChI=1S/C25H27N5O4/c1-29-15-18(14-26-29)16-8-10-22(32-2)20(12-16)27-24-19-9-7-17(25(31)33-3)13-21(19)30(28-24)23-6-4-5-11-34-23/h7-10,12-15,23H,4-6,11H2,1-3H3,(H,27,28). The topological polar surface area (TPSA) is 92.4 Å². The molecule has 1 aliphatic heterocycles. The summed E-state index contributed by atoms with van der Waals surface area (Å²) in [5.41, 5.74) is 4.05. The largest absolute Gasteiger partial charge is 0.495 e. The van der Waals surface area contributed by atoms with Gasteiger partial charge in [-0.1, -0.05) is 6.07 Å². The summed E-state index contributed by atoms with van der Waals surface area (Å²) in [7, 11) is 4.91. The highest BCUT2D eigenvalue weighted by Crippen LogP contribution is 2.36. The van der Waals surface area contributed by atoms with Gasteiger partial charge in [0.15, 0.2) is 12.0 Å². The third kappa shape index (κ3) is 4.10. The molecular formula is C25H27N5O4. The van der Waals surface area contributed by atoms with Gasteiger partial charge in [0, 0.05) is 30.8 Å². The van der Waals surface area contributed by atoms with Crippen LogP contribution in [0.15, 0.2) is 48.8 Å². The first kappa shape index (κ1) is 22.0. The Morgan fingerprint density at radius 3 is 2.74 bits per heavy atom. The Morgan fingerprint density at radius 2 is 2.03 bits per heavy atom.